The van der Waals surface area contributed by atoms with Gasteiger partial charge in [-0.3, -0.25) is 4.79 Å². The summed E-state index contributed by atoms with van der Waals surface area (Å²) >= 11 is 0. The first-order chi connectivity index (χ1) is 12.5. The van der Waals surface area contributed by atoms with E-state index in [0.29, 0.717) is 5.56 Å². The number of aryl methyl sites for hydroxylation is 1. The van der Waals surface area contributed by atoms with Gasteiger partial charge in [-0.25, -0.2) is 4.39 Å². The van der Waals surface area contributed by atoms with Crippen LogP contribution in [0.5, 0.6) is 0 Å². The van der Waals surface area contributed by atoms with Gasteiger partial charge in [-0.2, -0.15) is 0 Å². The number of aromatic nitrogens is 3. The van der Waals surface area contributed by atoms with E-state index in [1.54, 1.807) is 6.07 Å². The fraction of sp³-hybridized carbons (Fsp3) is 0.526. The van der Waals surface area contributed by atoms with Crippen LogP contribution in [-0.2, 0) is 24.2 Å². The lowest BCUT2D eigenvalue weighted by molar-refractivity contribution is -0.121. The third-order valence-electron chi connectivity index (χ3n) is 4.82. The van der Waals surface area contributed by atoms with Crippen molar-refractivity contribution < 1.29 is 9.18 Å². The van der Waals surface area contributed by atoms with Crippen LogP contribution in [0.1, 0.15) is 42.7 Å². The minimum Gasteiger partial charge on any atom is -0.346 e. The molecule has 26 heavy (non-hydrogen) atoms. The molecule has 0 aliphatic carbocycles. The number of benzene rings is 1. The number of carbonyl (C=O) groups excluding carboxylic acids is 1. The van der Waals surface area contributed by atoms with Gasteiger partial charge >= 0.3 is 0 Å². The van der Waals surface area contributed by atoms with E-state index in [-0.39, 0.29) is 30.1 Å². The summed E-state index contributed by atoms with van der Waals surface area (Å²) in [5.41, 5.74) is 1.61. The number of nitrogens with zero attached hydrogens (tertiary/aromatic N) is 3. The van der Waals surface area contributed by atoms with Crippen LogP contribution < -0.4 is 10.6 Å². The zero-order valence-electron chi connectivity index (χ0n) is 15.6. The number of fused-ring (bicyclic) bond motifs is 1. The second kappa shape index (κ2) is 7.95. The van der Waals surface area contributed by atoms with Gasteiger partial charge in [0.15, 0.2) is 5.82 Å². The Bertz CT molecular complexity index is 786. The van der Waals surface area contributed by atoms with Crippen molar-refractivity contribution in [3.8, 4) is 0 Å². The number of amides is 1. The molecule has 0 spiro atoms. The average molecular weight is 359 g/mol. The van der Waals surface area contributed by atoms with Crippen molar-refractivity contribution in [3.63, 3.8) is 0 Å². The average Bonchev–Trinajstić information content (AvgIpc) is 2.83. The third-order valence-corrected chi connectivity index (χ3v) is 4.82. The highest BCUT2D eigenvalue weighted by Gasteiger charge is 2.26. The highest BCUT2D eigenvalue weighted by molar-refractivity contribution is 5.79. The fourth-order valence-electron chi connectivity index (χ4n) is 3.28. The standard InChI is InChI=1S/C19H26FN5O/c1-12(2)18(19-24-23-16-6-7-21-8-9-25(16)19)22-17(26)11-14-10-15(20)5-4-13(14)3/h4-5,10,12,18,21H,6-9,11H2,1-3H3,(H,22,26). The summed E-state index contributed by atoms with van der Waals surface area (Å²) in [6.45, 7) is 8.52. The van der Waals surface area contributed by atoms with Gasteiger partial charge in [0.05, 0.1) is 12.5 Å². The van der Waals surface area contributed by atoms with E-state index in [1.165, 1.54) is 12.1 Å². The van der Waals surface area contributed by atoms with Crippen LogP contribution in [0.25, 0.3) is 0 Å². The van der Waals surface area contributed by atoms with E-state index in [2.05, 4.69) is 39.2 Å². The molecule has 7 heteroatoms. The first kappa shape index (κ1) is 18.5. The highest BCUT2D eigenvalue weighted by atomic mass is 19.1. The molecular weight excluding hydrogens is 333 g/mol. The smallest absolute Gasteiger partial charge is 0.225 e. The van der Waals surface area contributed by atoms with Crippen molar-refractivity contribution in [2.75, 3.05) is 13.1 Å². The topological polar surface area (TPSA) is 71.8 Å². The lowest BCUT2D eigenvalue weighted by Crippen LogP contribution is -2.35. The van der Waals surface area contributed by atoms with E-state index >= 15 is 0 Å². The molecule has 0 fully saturated rings. The van der Waals surface area contributed by atoms with Gasteiger partial charge in [0, 0.05) is 26.1 Å². The Morgan fingerprint density at radius 3 is 2.92 bits per heavy atom. The molecule has 0 bridgehead atoms. The Morgan fingerprint density at radius 1 is 1.35 bits per heavy atom. The number of hydrogen-bond donors (Lipinski definition) is 2. The Kier molecular flexibility index (Phi) is 5.66. The van der Waals surface area contributed by atoms with Crippen molar-refractivity contribution in [1.29, 1.82) is 0 Å². The van der Waals surface area contributed by atoms with Gasteiger partial charge in [0.25, 0.3) is 0 Å². The number of nitrogens with one attached hydrogen (secondary N) is 2. The second-order valence-corrected chi connectivity index (χ2v) is 7.16. The Morgan fingerprint density at radius 2 is 2.15 bits per heavy atom. The molecule has 2 heterocycles. The molecule has 1 aliphatic heterocycles. The molecule has 6 nitrogen and oxygen atoms in total. The minimum atomic E-state index is -0.325. The Balaban J connectivity index is 1.78. The van der Waals surface area contributed by atoms with Gasteiger partial charge in [0.2, 0.25) is 5.91 Å². The summed E-state index contributed by atoms with van der Waals surface area (Å²) in [5, 5.41) is 15.1. The van der Waals surface area contributed by atoms with Gasteiger partial charge < -0.3 is 15.2 Å². The van der Waals surface area contributed by atoms with Gasteiger partial charge in [0.1, 0.15) is 11.6 Å². The molecule has 2 aromatic rings. The maximum Gasteiger partial charge on any atom is 0.225 e. The number of rotatable bonds is 5. The number of halogens is 1. The van der Waals surface area contributed by atoms with Gasteiger partial charge in [-0.15, -0.1) is 10.2 Å². The molecule has 140 valence electrons. The highest BCUT2D eigenvalue weighted by Crippen LogP contribution is 2.22. The van der Waals surface area contributed by atoms with Crippen molar-refractivity contribution in [1.82, 2.24) is 25.4 Å². The largest absolute Gasteiger partial charge is 0.346 e. The van der Waals surface area contributed by atoms with Crippen molar-refractivity contribution in [2.45, 2.75) is 46.2 Å². The quantitative estimate of drug-likeness (QED) is 0.856. The van der Waals surface area contributed by atoms with E-state index in [9.17, 15) is 9.18 Å². The van der Waals surface area contributed by atoms with E-state index in [4.69, 9.17) is 0 Å². The molecule has 0 saturated carbocycles. The SMILES string of the molecule is Cc1ccc(F)cc1CC(=O)NC(c1nnc2n1CCNCC2)C(C)C. The first-order valence-electron chi connectivity index (χ1n) is 9.12. The van der Waals surface area contributed by atoms with Crippen LogP contribution in [0.3, 0.4) is 0 Å². The lowest BCUT2D eigenvalue weighted by atomic mass is 10.0. The van der Waals surface area contributed by atoms with Crippen LogP contribution in [0, 0.1) is 18.7 Å². The van der Waals surface area contributed by atoms with Crippen LogP contribution in [0.15, 0.2) is 18.2 Å². The molecule has 1 aliphatic rings. The second-order valence-electron chi connectivity index (χ2n) is 7.16. The van der Waals surface area contributed by atoms with Crippen molar-refractivity contribution >= 4 is 5.91 Å². The number of carbonyl (C=O) groups is 1. The van der Waals surface area contributed by atoms with Crippen LogP contribution >= 0.6 is 0 Å². The predicted octanol–water partition coefficient (Wildman–Crippen LogP) is 1.93. The maximum absolute atomic E-state index is 13.5. The molecule has 0 radical (unpaired) electrons. The zero-order chi connectivity index (χ0) is 18.7. The van der Waals surface area contributed by atoms with Crippen molar-refractivity contribution in [3.05, 3.63) is 46.8 Å². The molecule has 1 aromatic heterocycles. The number of hydrogen-bond acceptors (Lipinski definition) is 4. The normalized spacial score (nSPS) is 15.4. The predicted molar refractivity (Wildman–Crippen MR) is 97.2 cm³/mol. The van der Waals surface area contributed by atoms with Gasteiger partial charge in [-0.1, -0.05) is 19.9 Å². The molecular formula is C19H26FN5O. The molecule has 1 amide bonds. The van der Waals surface area contributed by atoms with E-state index < -0.39 is 0 Å². The fourth-order valence-corrected chi connectivity index (χ4v) is 3.28. The summed E-state index contributed by atoms with van der Waals surface area (Å²) in [4.78, 5) is 12.6. The Labute approximate surface area is 153 Å². The summed E-state index contributed by atoms with van der Waals surface area (Å²) in [5.74, 6) is 1.45. The molecule has 1 atom stereocenters. The summed E-state index contributed by atoms with van der Waals surface area (Å²) in [6.07, 6.45) is 0.976. The molecule has 1 unspecified atom stereocenters. The molecule has 0 saturated heterocycles. The summed E-state index contributed by atoms with van der Waals surface area (Å²) in [7, 11) is 0. The lowest BCUT2D eigenvalue weighted by Gasteiger charge is -2.23. The monoisotopic (exact) mass is 359 g/mol. The van der Waals surface area contributed by atoms with E-state index in [1.807, 2.05) is 6.92 Å². The first-order valence-corrected chi connectivity index (χ1v) is 9.12. The third kappa shape index (κ3) is 4.09. The zero-order valence-corrected chi connectivity index (χ0v) is 15.6. The van der Waals surface area contributed by atoms with Crippen molar-refractivity contribution in [2.24, 2.45) is 5.92 Å². The van der Waals surface area contributed by atoms with Crippen LogP contribution in [0.4, 0.5) is 4.39 Å². The Hall–Kier alpha value is -2.28. The molecule has 2 N–H and O–H groups in total. The maximum atomic E-state index is 13.5. The van der Waals surface area contributed by atoms with Crippen LogP contribution in [-0.4, -0.2) is 33.8 Å². The minimum absolute atomic E-state index is 0.138. The molecule has 3 rings (SSSR count). The summed E-state index contributed by atoms with van der Waals surface area (Å²) in [6, 6.07) is 4.31. The van der Waals surface area contributed by atoms with E-state index in [0.717, 1.165) is 43.3 Å². The van der Waals surface area contributed by atoms with Crippen LogP contribution in [0.2, 0.25) is 0 Å². The summed E-state index contributed by atoms with van der Waals surface area (Å²) < 4.78 is 15.6. The van der Waals surface area contributed by atoms with Gasteiger partial charge in [-0.05, 0) is 36.1 Å². The molecule has 1 aromatic carbocycles.